The van der Waals surface area contributed by atoms with Crippen LogP contribution in [0.4, 0.5) is 0 Å². The van der Waals surface area contributed by atoms with Crippen LogP contribution in [0, 0.1) is 0 Å². The van der Waals surface area contributed by atoms with E-state index in [-0.39, 0.29) is 0 Å². The lowest BCUT2D eigenvalue weighted by Crippen LogP contribution is -2.24. The summed E-state index contributed by atoms with van der Waals surface area (Å²) in [7, 11) is 3.74. The van der Waals surface area contributed by atoms with E-state index >= 15 is 0 Å². The molecule has 5 nitrogen and oxygen atoms in total. The summed E-state index contributed by atoms with van der Waals surface area (Å²) >= 11 is 1.43. The standard InChI is InChI=1S/C11H17N3O2S/c1-12-9(11(15)16)10-13-8(6-17-10)7-3-4-14(2)5-7/h6-7,9,12H,3-5H2,1-2H3,(H,15,16). The fourth-order valence-electron chi connectivity index (χ4n) is 2.15. The first-order chi connectivity index (χ1) is 8.11. The minimum absolute atomic E-state index is 0.455. The highest BCUT2D eigenvalue weighted by Gasteiger charge is 2.26. The second kappa shape index (κ2) is 5.12. The van der Waals surface area contributed by atoms with E-state index in [1.165, 1.54) is 11.3 Å². The number of carboxylic acids is 1. The van der Waals surface area contributed by atoms with Crippen molar-refractivity contribution in [2.75, 3.05) is 27.2 Å². The van der Waals surface area contributed by atoms with Gasteiger partial charge in [0.25, 0.3) is 0 Å². The quantitative estimate of drug-likeness (QED) is 0.837. The van der Waals surface area contributed by atoms with E-state index in [2.05, 4.69) is 22.2 Å². The van der Waals surface area contributed by atoms with Crippen molar-refractivity contribution < 1.29 is 9.90 Å². The molecule has 1 aliphatic rings. The third-order valence-electron chi connectivity index (χ3n) is 3.13. The fourth-order valence-corrected chi connectivity index (χ4v) is 3.15. The van der Waals surface area contributed by atoms with Crippen LogP contribution in [0.15, 0.2) is 5.38 Å². The summed E-state index contributed by atoms with van der Waals surface area (Å²) in [5.41, 5.74) is 1.04. The Morgan fingerprint density at radius 3 is 3.06 bits per heavy atom. The number of carboxylic acid groups (broad SMARTS) is 1. The van der Waals surface area contributed by atoms with Crippen molar-refractivity contribution in [2.24, 2.45) is 0 Å². The number of likely N-dealkylation sites (tertiary alicyclic amines) is 1. The first-order valence-electron chi connectivity index (χ1n) is 5.65. The number of aromatic nitrogens is 1. The van der Waals surface area contributed by atoms with Crippen molar-refractivity contribution in [3.8, 4) is 0 Å². The van der Waals surface area contributed by atoms with Crippen LogP contribution >= 0.6 is 11.3 Å². The lowest BCUT2D eigenvalue weighted by Gasteiger charge is -2.08. The Hall–Kier alpha value is -0.980. The zero-order chi connectivity index (χ0) is 12.4. The van der Waals surface area contributed by atoms with E-state index in [9.17, 15) is 4.79 Å². The molecule has 0 radical (unpaired) electrons. The van der Waals surface area contributed by atoms with Gasteiger partial charge in [-0.1, -0.05) is 0 Å². The molecule has 1 aliphatic heterocycles. The summed E-state index contributed by atoms with van der Waals surface area (Å²) < 4.78 is 0. The molecule has 2 atom stereocenters. The molecule has 94 valence electrons. The van der Waals surface area contributed by atoms with E-state index in [1.54, 1.807) is 7.05 Å². The number of hydrogen-bond acceptors (Lipinski definition) is 5. The molecule has 0 bridgehead atoms. The van der Waals surface area contributed by atoms with Gasteiger partial charge in [0.2, 0.25) is 0 Å². The van der Waals surface area contributed by atoms with Gasteiger partial charge in [-0.25, -0.2) is 4.98 Å². The summed E-state index contributed by atoms with van der Waals surface area (Å²) in [5.74, 6) is -0.423. The van der Waals surface area contributed by atoms with E-state index in [4.69, 9.17) is 5.11 Å². The molecular weight excluding hydrogens is 238 g/mol. The van der Waals surface area contributed by atoms with E-state index in [0.29, 0.717) is 10.9 Å². The number of thiazole rings is 1. The summed E-state index contributed by atoms with van der Waals surface area (Å²) in [6.07, 6.45) is 1.11. The van der Waals surface area contributed by atoms with Crippen molar-refractivity contribution in [2.45, 2.75) is 18.4 Å². The largest absolute Gasteiger partial charge is 0.480 e. The Labute approximate surface area is 104 Å². The minimum Gasteiger partial charge on any atom is -0.480 e. The lowest BCUT2D eigenvalue weighted by molar-refractivity contribution is -0.139. The molecule has 0 spiro atoms. The normalized spacial score (nSPS) is 22.8. The van der Waals surface area contributed by atoms with Gasteiger partial charge in [0, 0.05) is 17.8 Å². The molecule has 2 rings (SSSR count). The number of hydrogen-bond donors (Lipinski definition) is 2. The van der Waals surface area contributed by atoms with Crippen molar-refractivity contribution in [1.82, 2.24) is 15.2 Å². The molecule has 2 unspecified atom stereocenters. The van der Waals surface area contributed by atoms with Gasteiger partial charge < -0.3 is 15.3 Å². The summed E-state index contributed by atoms with van der Waals surface area (Å²) in [4.78, 5) is 17.8. The zero-order valence-corrected chi connectivity index (χ0v) is 10.8. The SMILES string of the molecule is CNC(C(=O)O)c1nc(C2CCN(C)C2)cs1. The van der Waals surface area contributed by atoms with Crippen LogP contribution in [-0.2, 0) is 4.79 Å². The van der Waals surface area contributed by atoms with Gasteiger partial charge in [0.15, 0.2) is 6.04 Å². The maximum absolute atomic E-state index is 11.0. The Morgan fingerprint density at radius 2 is 2.53 bits per heavy atom. The van der Waals surface area contributed by atoms with Crippen LogP contribution in [0.25, 0.3) is 0 Å². The highest BCUT2D eigenvalue weighted by atomic mass is 32.1. The van der Waals surface area contributed by atoms with Crippen molar-refractivity contribution in [1.29, 1.82) is 0 Å². The van der Waals surface area contributed by atoms with Gasteiger partial charge in [0.1, 0.15) is 5.01 Å². The molecule has 1 fully saturated rings. The number of nitrogens with zero attached hydrogens (tertiary/aromatic N) is 2. The lowest BCUT2D eigenvalue weighted by atomic mass is 10.1. The summed E-state index contributed by atoms with van der Waals surface area (Å²) in [6.45, 7) is 2.10. The first kappa shape index (κ1) is 12.5. The maximum Gasteiger partial charge on any atom is 0.327 e. The van der Waals surface area contributed by atoms with Gasteiger partial charge in [-0.3, -0.25) is 4.79 Å². The van der Waals surface area contributed by atoms with Gasteiger partial charge in [-0.05, 0) is 27.1 Å². The molecule has 0 amide bonds. The molecule has 1 saturated heterocycles. The van der Waals surface area contributed by atoms with Crippen LogP contribution in [0.1, 0.15) is 29.1 Å². The summed E-state index contributed by atoms with van der Waals surface area (Å²) in [5, 5.41) is 14.4. The topological polar surface area (TPSA) is 65.5 Å². The molecular formula is C11H17N3O2S. The van der Waals surface area contributed by atoms with Crippen molar-refractivity contribution in [3.05, 3.63) is 16.1 Å². The van der Waals surface area contributed by atoms with Crippen LogP contribution in [0.5, 0.6) is 0 Å². The Kier molecular flexibility index (Phi) is 3.76. The van der Waals surface area contributed by atoms with Gasteiger partial charge in [-0.2, -0.15) is 0 Å². The molecule has 6 heteroatoms. The highest BCUT2D eigenvalue weighted by molar-refractivity contribution is 7.09. The van der Waals surface area contributed by atoms with Crippen LogP contribution in [0.3, 0.4) is 0 Å². The average Bonchev–Trinajstić information content (AvgIpc) is 2.87. The predicted molar refractivity (Wildman–Crippen MR) is 66.4 cm³/mol. The molecule has 2 heterocycles. The molecule has 0 aliphatic carbocycles. The number of nitrogens with one attached hydrogen (secondary N) is 1. The molecule has 1 aromatic heterocycles. The minimum atomic E-state index is -0.878. The Bertz CT molecular complexity index is 407. The summed E-state index contributed by atoms with van der Waals surface area (Å²) in [6, 6.07) is -0.687. The van der Waals surface area contributed by atoms with Gasteiger partial charge in [-0.15, -0.1) is 11.3 Å². The smallest absolute Gasteiger partial charge is 0.327 e. The van der Waals surface area contributed by atoms with Crippen LogP contribution in [0.2, 0.25) is 0 Å². The van der Waals surface area contributed by atoms with Crippen LogP contribution < -0.4 is 5.32 Å². The number of carbonyl (C=O) groups is 1. The zero-order valence-electron chi connectivity index (χ0n) is 10.0. The van der Waals surface area contributed by atoms with E-state index in [0.717, 1.165) is 25.2 Å². The third kappa shape index (κ3) is 2.65. The van der Waals surface area contributed by atoms with Crippen molar-refractivity contribution >= 4 is 17.3 Å². The molecule has 2 N–H and O–H groups in total. The second-order valence-electron chi connectivity index (χ2n) is 4.42. The number of likely N-dealkylation sites (N-methyl/N-ethyl adjacent to an activating group) is 2. The van der Waals surface area contributed by atoms with Gasteiger partial charge in [0.05, 0.1) is 5.69 Å². The second-order valence-corrected chi connectivity index (χ2v) is 5.31. The highest BCUT2D eigenvalue weighted by Crippen LogP contribution is 2.29. The molecule has 0 saturated carbocycles. The average molecular weight is 255 g/mol. The molecule has 0 aromatic carbocycles. The number of rotatable bonds is 4. The maximum atomic E-state index is 11.0. The van der Waals surface area contributed by atoms with Crippen molar-refractivity contribution in [3.63, 3.8) is 0 Å². The Morgan fingerprint density at radius 1 is 1.76 bits per heavy atom. The van der Waals surface area contributed by atoms with E-state index in [1.807, 2.05) is 5.38 Å². The third-order valence-corrected chi connectivity index (χ3v) is 4.06. The molecule has 17 heavy (non-hydrogen) atoms. The number of aliphatic carboxylic acids is 1. The fraction of sp³-hybridized carbons (Fsp3) is 0.636. The van der Waals surface area contributed by atoms with Gasteiger partial charge >= 0.3 is 5.97 Å². The Balaban J connectivity index is 2.12. The molecule has 1 aromatic rings. The first-order valence-corrected chi connectivity index (χ1v) is 6.53. The monoisotopic (exact) mass is 255 g/mol. The van der Waals surface area contributed by atoms with Crippen LogP contribution in [-0.4, -0.2) is 48.1 Å². The predicted octanol–water partition coefficient (Wildman–Crippen LogP) is 0.907. The van der Waals surface area contributed by atoms with E-state index < -0.39 is 12.0 Å².